The average Bonchev–Trinajstić information content (AvgIpc) is 3.10. The van der Waals surface area contributed by atoms with Gasteiger partial charge < -0.3 is 18.9 Å². The maximum atomic E-state index is 13.5. The van der Waals surface area contributed by atoms with Crippen molar-refractivity contribution in [3.05, 3.63) is 35.4 Å². The number of benzene rings is 2. The van der Waals surface area contributed by atoms with Crippen molar-refractivity contribution < 1.29 is 28.5 Å². The molecule has 1 aliphatic heterocycles. The Kier molecular flexibility index (Phi) is 5.33. The predicted octanol–water partition coefficient (Wildman–Crippen LogP) is 3.45. The first-order valence-corrected chi connectivity index (χ1v) is 13.9. The first-order chi connectivity index (χ1) is 14.7. The van der Waals surface area contributed by atoms with Crippen LogP contribution in [-0.2, 0) is 16.0 Å². The molecule has 4 rings (SSSR count). The summed E-state index contributed by atoms with van der Waals surface area (Å²) >= 11 is 0. The van der Waals surface area contributed by atoms with Crippen LogP contribution in [-0.4, -0.2) is 47.8 Å². The van der Waals surface area contributed by atoms with Gasteiger partial charge >= 0.3 is 5.97 Å². The number of hydrogen-bond acceptors (Lipinski definition) is 6. The fourth-order valence-corrected chi connectivity index (χ4v) is 5.74. The van der Waals surface area contributed by atoms with E-state index >= 15 is 0 Å². The molecule has 7 heteroatoms. The maximum Gasteiger partial charge on any atom is 0.310 e. The van der Waals surface area contributed by atoms with Gasteiger partial charge in [-0.2, -0.15) is 0 Å². The van der Waals surface area contributed by atoms with E-state index in [2.05, 4.69) is 25.7 Å². The minimum atomic E-state index is -1.66. The smallest absolute Gasteiger partial charge is 0.310 e. The normalized spacial score (nSPS) is 20.1. The van der Waals surface area contributed by atoms with Gasteiger partial charge in [0, 0.05) is 11.1 Å². The Bertz CT molecular complexity index is 1070. The quantitative estimate of drug-likeness (QED) is 0.536. The van der Waals surface area contributed by atoms with Crippen LogP contribution in [0.15, 0.2) is 24.3 Å². The summed E-state index contributed by atoms with van der Waals surface area (Å²) in [6.07, 6.45) is 0.373. The van der Waals surface area contributed by atoms with Gasteiger partial charge in [0.1, 0.15) is 6.61 Å². The van der Waals surface area contributed by atoms with Crippen LogP contribution in [0.5, 0.6) is 17.2 Å². The molecule has 164 valence electrons. The van der Waals surface area contributed by atoms with Crippen LogP contribution in [0.4, 0.5) is 0 Å². The monoisotopic (exact) mass is 440 g/mol. The van der Waals surface area contributed by atoms with Crippen molar-refractivity contribution in [2.24, 2.45) is 11.8 Å². The molecule has 31 heavy (non-hydrogen) atoms. The Labute approximate surface area is 183 Å². The summed E-state index contributed by atoms with van der Waals surface area (Å²) in [5.41, 5.74) is 3.06. The second-order valence-corrected chi connectivity index (χ2v) is 14.2. The van der Waals surface area contributed by atoms with E-state index in [1.54, 1.807) is 21.3 Å². The van der Waals surface area contributed by atoms with Gasteiger partial charge in [-0.25, -0.2) is 0 Å². The number of carbonyl (C=O) groups is 2. The standard InChI is InChI=1S/C24H28O6Si/c1-27-19-10-13-9-17-18(12-30-24(17)26)21(25)15-8-7-14(31(4,5)6)11-16(15)20(13)23(29-3)22(19)28-2/h7-8,10-11,17-18H,9,12H2,1-6H3/t17-,18+/m1/s1. The molecule has 1 heterocycles. The van der Waals surface area contributed by atoms with Crippen LogP contribution in [0.25, 0.3) is 11.1 Å². The second kappa shape index (κ2) is 7.71. The van der Waals surface area contributed by atoms with E-state index in [1.807, 2.05) is 18.2 Å². The molecule has 2 aromatic carbocycles. The molecule has 2 atom stereocenters. The number of esters is 1. The molecule has 0 saturated carbocycles. The lowest BCUT2D eigenvalue weighted by Crippen LogP contribution is -2.38. The minimum absolute atomic E-state index is 0.0598. The van der Waals surface area contributed by atoms with E-state index in [0.29, 0.717) is 29.2 Å². The van der Waals surface area contributed by atoms with Gasteiger partial charge in [-0.3, -0.25) is 9.59 Å². The van der Waals surface area contributed by atoms with Crippen LogP contribution < -0.4 is 19.4 Å². The third-order valence-corrected chi connectivity index (χ3v) is 8.35. The van der Waals surface area contributed by atoms with Crippen LogP contribution in [0.3, 0.4) is 0 Å². The highest BCUT2D eigenvalue weighted by Gasteiger charge is 2.45. The van der Waals surface area contributed by atoms with E-state index in [0.717, 1.165) is 16.7 Å². The zero-order valence-corrected chi connectivity index (χ0v) is 19.8. The lowest BCUT2D eigenvalue weighted by molar-refractivity contribution is -0.141. The molecule has 1 saturated heterocycles. The largest absolute Gasteiger partial charge is 0.493 e. The van der Waals surface area contributed by atoms with Gasteiger partial charge in [0.15, 0.2) is 17.3 Å². The summed E-state index contributed by atoms with van der Waals surface area (Å²) in [5.74, 6) is 0.0803. The van der Waals surface area contributed by atoms with Crippen molar-refractivity contribution in [1.82, 2.24) is 0 Å². The molecular formula is C24H28O6Si. The topological polar surface area (TPSA) is 71.1 Å². The Morgan fingerprint density at radius 1 is 0.903 bits per heavy atom. The molecule has 2 aliphatic rings. The molecule has 0 amide bonds. The van der Waals surface area contributed by atoms with E-state index in [-0.39, 0.29) is 18.4 Å². The third kappa shape index (κ3) is 3.41. The van der Waals surface area contributed by atoms with E-state index in [9.17, 15) is 9.59 Å². The van der Waals surface area contributed by atoms with E-state index in [4.69, 9.17) is 18.9 Å². The SMILES string of the molecule is COc1cc2c(c(OC)c1OC)-c1cc([Si](C)(C)C)ccc1C(=O)[C@H]1COC(=O)[C@@H]1C2. The van der Waals surface area contributed by atoms with Gasteiger partial charge in [-0.15, -0.1) is 0 Å². The van der Waals surface area contributed by atoms with Gasteiger partial charge in [-0.1, -0.05) is 43.0 Å². The van der Waals surface area contributed by atoms with E-state index < -0.39 is 19.9 Å². The van der Waals surface area contributed by atoms with E-state index in [1.165, 1.54) is 5.19 Å². The summed E-state index contributed by atoms with van der Waals surface area (Å²) in [6, 6.07) is 7.95. The Hall–Kier alpha value is -2.80. The molecule has 1 fully saturated rings. The van der Waals surface area contributed by atoms with Gasteiger partial charge in [0.05, 0.1) is 41.2 Å². The average molecular weight is 441 g/mol. The van der Waals surface area contributed by atoms with Gasteiger partial charge in [-0.05, 0) is 23.6 Å². The predicted molar refractivity (Wildman–Crippen MR) is 120 cm³/mol. The Balaban J connectivity index is 2.10. The highest BCUT2D eigenvalue weighted by atomic mass is 28.3. The summed E-state index contributed by atoms with van der Waals surface area (Å²) < 4.78 is 22.3. The number of hydrogen-bond donors (Lipinski definition) is 0. The molecule has 0 bridgehead atoms. The number of ketones is 1. The summed E-state index contributed by atoms with van der Waals surface area (Å²) in [5, 5.41) is 1.23. The number of methoxy groups -OCH3 is 3. The molecule has 0 unspecified atom stereocenters. The fourth-order valence-electron chi connectivity index (χ4n) is 4.58. The van der Waals surface area contributed by atoms with Gasteiger partial charge in [0.2, 0.25) is 5.75 Å². The lowest BCUT2D eigenvalue weighted by atomic mass is 9.77. The van der Waals surface area contributed by atoms with Crippen molar-refractivity contribution in [3.63, 3.8) is 0 Å². The zero-order valence-electron chi connectivity index (χ0n) is 18.8. The third-order valence-electron chi connectivity index (χ3n) is 6.30. The van der Waals surface area contributed by atoms with Crippen LogP contribution >= 0.6 is 0 Å². The first-order valence-electron chi connectivity index (χ1n) is 10.4. The Morgan fingerprint density at radius 2 is 1.61 bits per heavy atom. The number of rotatable bonds is 4. The van der Waals surface area contributed by atoms with Crippen molar-refractivity contribution in [3.8, 4) is 28.4 Å². The number of fused-ring (bicyclic) bond motifs is 4. The summed E-state index contributed by atoms with van der Waals surface area (Å²) in [6.45, 7) is 6.93. The van der Waals surface area contributed by atoms with Crippen LogP contribution in [0, 0.1) is 11.8 Å². The fraction of sp³-hybridized carbons (Fsp3) is 0.417. The second-order valence-electron chi connectivity index (χ2n) is 9.10. The highest BCUT2D eigenvalue weighted by Crippen LogP contribution is 2.50. The molecule has 0 N–H and O–H groups in total. The zero-order chi connectivity index (χ0) is 22.5. The lowest BCUT2D eigenvalue weighted by Gasteiger charge is -2.27. The van der Waals surface area contributed by atoms with Gasteiger partial charge in [0.25, 0.3) is 0 Å². The highest BCUT2D eigenvalue weighted by molar-refractivity contribution is 6.88. The van der Waals surface area contributed by atoms with Crippen molar-refractivity contribution >= 4 is 25.0 Å². The molecule has 1 aliphatic carbocycles. The Morgan fingerprint density at radius 3 is 2.23 bits per heavy atom. The van der Waals surface area contributed by atoms with Crippen LogP contribution in [0.2, 0.25) is 19.6 Å². The number of cyclic esters (lactones) is 1. The van der Waals surface area contributed by atoms with Crippen molar-refractivity contribution in [2.75, 3.05) is 27.9 Å². The number of Topliss-reactive ketones (excluding diaryl/α,β-unsaturated/α-hetero) is 1. The number of carbonyl (C=O) groups excluding carboxylic acids is 2. The summed E-state index contributed by atoms with van der Waals surface area (Å²) in [7, 11) is 3.05. The maximum absolute atomic E-state index is 13.5. The van der Waals surface area contributed by atoms with Crippen molar-refractivity contribution in [1.29, 1.82) is 0 Å². The molecule has 2 aromatic rings. The summed E-state index contributed by atoms with van der Waals surface area (Å²) in [4.78, 5) is 26.0. The molecule has 0 spiro atoms. The first kappa shape index (κ1) is 21.4. The molecule has 0 radical (unpaired) electrons. The van der Waals surface area contributed by atoms with Crippen molar-refractivity contribution in [2.45, 2.75) is 26.1 Å². The molecule has 0 aromatic heterocycles. The minimum Gasteiger partial charge on any atom is -0.493 e. The molecule has 6 nitrogen and oxygen atoms in total. The molecular weight excluding hydrogens is 412 g/mol. The number of ether oxygens (including phenoxy) is 4. The van der Waals surface area contributed by atoms with Crippen LogP contribution in [0.1, 0.15) is 15.9 Å².